The average Bonchev–Trinajstić information content (AvgIpc) is 2.80. The van der Waals surface area contributed by atoms with Crippen LogP contribution < -0.4 is 31.8 Å². The molecule has 0 aliphatic heterocycles. The molecule has 1 aromatic carbocycles. The summed E-state index contributed by atoms with van der Waals surface area (Å²) in [5, 5.41) is 13.1. The number of alkyl halides is 3. The smallest absolute Gasteiger partial charge is 0.490 e. The molecule has 0 unspecified atom stereocenters. The number of nitrogens with two attached hydrogens (primary N) is 2. The number of aryl methyl sites for hydroxylation is 1. The standard InChI is InChI=1S/C18H23ClN6O6S.C2HF3O2/c1-10-7-11(8-15(26)22-5-6-31-24-18(20)21)16(17(27)23-10)25-32(28,29)14-9-12(19)3-4-13(14)30-2;3-2(4,5)1(6)7/h3-4,7,9,25H,5-6,8H2,1-2H3,(H,22,26)(H,23,27)(H4,20,21,24);(H,6,7). The Balaban J connectivity index is 0.000000956. The maximum atomic E-state index is 13.0. The molecule has 8 N–H and O–H groups in total. The van der Waals surface area contributed by atoms with Gasteiger partial charge < -0.3 is 36.4 Å². The monoisotopic (exact) mass is 600 g/mol. The molecule has 0 bridgehead atoms. The van der Waals surface area contributed by atoms with E-state index in [4.69, 9.17) is 42.5 Å². The van der Waals surface area contributed by atoms with E-state index in [0.29, 0.717) is 5.69 Å². The van der Waals surface area contributed by atoms with Crippen LogP contribution in [0.15, 0.2) is 39.1 Å². The molecule has 0 saturated heterocycles. The highest BCUT2D eigenvalue weighted by molar-refractivity contribution is 7.92. The van der Waals surface area contributed by atoms with E-state index in [9.17, 15) is 31.2 Å². The van der Waals surface area contributed by atoms with Gasteiger partial charge in [-0.25, -0.2) is 13.2 Å². The Morgan fingerprint density at radius 2 is 1.85 bits per heavy atom. The van der Waals surface area contributed by atoms with Crippen molar-refractivity contribution in [1.82, 2.24) is 10.3 Å². The van der Waals surface area contributed by atoms with E-state index in [1.807, 2.05) is 0 Å². The summed E-state index contributed by atoms with van der Waals surface area (Å²) < 4.78 is 65.0. The maximum Gasteiger partial charge on any atom is 0.490 e. The van der Waals surface area contributed by atoms with Gasteiger partial charge in [-0.1, -0.05) is 11.6 Å². The topological polar surface area (TPSA) is 228 Å². The number of nitrogens with one attached hydrogen (secondary N) is 3. The number of rotatable bonds is 10. The molecule has 2 aromatic rings. The van der Waals surface area contributed by atoms with Gasteiger partial charge in [0.1, 0.15) is 22.9 Å². The number of hydrogen-bond donors (Lipinski definition) is 6. The minimum absolute atomic E-state index is 0.00604. The second kappa shape index (κ2) is 14.1. The largest absolute Gasteiger partial charge is 0.495 e. The Labute approximate surface area is 224 Å². The SMILES string of the molecule is COc1ccc(Cl)cc1S(=O)(=O)Nc1c(CC(=O)NCCON=C(N)N)cc(C)[nH]c1=O.O=C(O)C(F)(F)F. The number of pyridine rings is 1. The number of sulfonamides is 1. The van der Waals surface area contributed by atoms with Gasteiger partial charge in [0.15, 0.2) is 0 Å². The second-order valence-corrected chi connectivity index (χ2v) is 9.35. The van der Waals surface area contributed by atoms with Crippen molar-refractivity contribution in [3.63, 3.8) is 0 Å². The number of ether oxygens (including phenoxy) is 1. The number of aliphatic carboxylic acids is 1. The van der Waals surface area contributed by atoms with Crippen LogP contribution in [-0.2, 0) is 30.9 Å². The lowest BCUT2D eigenvalue weighted by Crippen LogP contribution is -2.30. The van der Waals surface area contributed by atoms with Crippen LogP contribution >= 0.6 is 11.6 Å². The molecule has 0 saturated carbocycles. The van der Waals surface area contributed by atoms with Crippen LogP contribution in [-0.4, -0.2) is 62.8 Å². The van der Waals surface area contributed by atoms with Gasteiger partial charge in [0, 0.05) is 10.7 Å². The molecular formula is C20H24ClF3N6O8S. The number of hydrogen-bond acceptors (Lipinski definition) is 8. The van der Waals surface area contributed by atoms with E-state index >= 15 is 0 Å². The molecule has 216 valence electrons. The fourth-order valence-corrected chi connectivity index (χ4v) is 4.19. The highest BCUT2D eigenvalue weighted by atomic mass is 35.5. The summed E-state index contributed by atoms with van der Waals surface area (Å²) in [5.41, 5.74) is 9.82. The number of guanidine groups is 1. The molecule has 0 aliphatic carbocycles. The summed E-state index contributed by atoms with van der Waals surface area (Å²) in [5.74, 6) is -3.47. The summed E-state index contributed by atoms with van der Waals surface area (Å²) in [6.45, 7) is 1.69. The maximum absolute atomic E-state index is 13.0. The zero-order chi connectivity index (χ0) is 30.0. The van der Waals surface area contributed by atoms with E-state index < -0.39 is 33.6 Å². The van der Waals surface area contributed by atoms with E-state index in [2.05, 4.69) is 20.2 Å². The number of carbonyl (C=O) groups is 2. The van der Waals surface area contributed by atoms with Crippen LogP contribution in [0.1, 0.15) is 11.3 Å². The molecule has 0 radical (unpaired) electrons. The quantitative estimate of drug-likeness (QED) is 0.0964. The number of oxime groups is 1. The van der Waals surface area contributed by atoms with E-state index in [-0.39, 0.29) is 52.5 Å². The van der Waals surface area contributed by atoms with Crippen molar-refractivity contribution < 1.29 is 45.9 Å². The fourth-order valence-electron chi connectivity index (χ4n) is 2.65. The first-order valence-corrected chi connectivity index (χ1v) is 12.2. The Hall–Kier alpha value is -4.19. The highest BCUT2D eigenvalue weighted by Crippen LogP contribution is 2.29. The summed E-state index contributed by atoms with van der Waals surface area (Å²) in [7, 11) is -2.98. The van der Waals surface area contributed by atoms with Crippen molar-refractivity contribution >= 4 is 45.1 Å². The van der Waals surface area contributed by atoms with Crippen molar-refractivity contribution in [2.75, 3.05) is 25.0 Å². The molecular weight excluding hydrogens is 577 g/mol. The lowest BCUT2D eigenvalue weighted by atomic mass is 10.1. The predicted octanol–water partition coefficient (Wildman–Crippen LogP) is 0.643. The van der Waals surface area contributed by atoms with Crippen LogP contribution in [0.3, 0.4) is 0 Å². The zero-order valence-electron chi connectivity index (χ0n) is 20.3. The van der Waals surface area contributed by atoms with Crippen molar-refractivity contribution in [2.45, 2.75) is 24.4 Å². The summed E-state index contributed by atoms with van der Waals surface area (Å²) in [6, 6.07) is 5.53. The lowest BCUT2D eigenvalue weighted by molar-refractivity contribution is -0.192. The molecule has 0 atom stereocenters. The van der Waals surface area contributed by atoms with Crippen LogP contribution in [0.25, 0.3) is 0 Å². The van der Waals surface area contributed by atoms with Crippen LogP contribution in [0.2, 0.25) is 5.02 Å². The molecule has 1 heterocycles. The molecule has 1 aromatic heterocycles. The molecule has 0 aliphatic rings. The van der Waals surface area contributed by atoms with Gasteiger partial charge in [0.2, 0.25) is 11.9 Å². The second-order valence-electron chi connectivity index (χ2n) is 7.26. The highest BCUT2D eigenvalue weighted by Gasteiger charge is 2.38. The summed E-state index contributed by atoms with van der Waals surface area (Å²) >= 11 is 5.92. The fraction of sp³-hybridized carbons (Fsp3) is 0.300. The molecule has 2 rings (SSSR count). The zero-order valence-corrected chi connectivity index (χ0v) is 21.8. The average molecular weight is 601 g/mol. The number of carboxylic acid groups (broad SMARTS) is 1. The number of H-pyrrole nitrogens is 1. The first kappa shape index (κ1) is 32.8. The number of aromatic amines is 1. The van der Waals surface area contributed by atoms with Crippen LogP contribution in [0.4, 0.5) is 18.9 Å². The van der Waals surface area contributed by atoms with Crippen molar-refractivity contribution in [3.05, 3.63) is 50.9 Å². The van der Waals surface area contributed by atoms with Crippen molar-refractivity contribution in [3.8, 4) is 5.75 Å². The third-order valence-electron chi connectivity index (χ3n) is 4.18. The third-order valence-corrected chi connectivity index (χ3v) is 5.79. The van der Waals surface area contributed by atoms with E-state index in [1.165, 1.54) is 31.4 Å². The lowest BCUT2D eigenvalue weighted by Gasteiger charge is -2.15. The Kier molecular flexibility index (Phi) is 11.9. The summed E-state index contributed by atoms with van der Waals surface area (Å²) in [4.78, 5) is 40.7. The van der Waals surface area contributed by atoms with Crippen LogP contribution in [0, 0.1) is 6.92 Å². The van der Waals surface area contributed by atoms with Gasteiger partial charge in [0.25, 0.3) is 15.6 Å². The Morgan fingerprint density at radius 3 is 2.38 bits per heavy atom. The predicted molar refractivity (Wildman–Crippen MR) is 133 cm³/mol. The van der Waals surface area contributed by atoms with Gasteiger partial charge in [-0.05, 0) is 41.9 Å². The van der Waals surface area contributed by atoms with E-state index in [0.717, 1.165) is 0 Å². The van der Waals surface area contributed by atoms with Crippen molar-refractivity contribution in [2.24, 2.45) is 16.6 Å². The number of anilines is 1. The number of nitrogens with zero attached hydrogens (tertiary/aromatic N) is 1. The number of methoxy groups -OCH3 is 1. The normalized spacial score (nSPS) is 10.9. The van der Waals surface area contributed by atoms with Gasteiger partial charge in [-0.15, -0.1) is 0 Å². The Bertz CT molecular complexity index is 1380. The molecule has 0 fully saturated rings. The minimum Gasteiger partial charge on any atom is -0.495 e. The molecule has 1 amide bonds. The molecule has 0 spiro atoms. The number of amides is 1. The van der Waals surface area contributed by atoms with Gasteiger partial charge in [-0.3, -0.25) is 14.3 Å². The first-order valence-electron chi connectivity index (χ1n) is 10.3. The van der Waals surface area contributed by atoms with Gasteiger partial charge in [0.05, 0.1) is 20.1 Å². The van der Waals surface area contributed by atoms with Crippen molar-refractivity contribution in [1.29, 1.82) is 0 Å². The number of aromatic nitrogens is 1. The number of benzene rings is 1. The number of halogens is 4. The number of carboxylic acids is 1. The van der Waals surface area contributed by atoms with Gasteiger partial charge >= 0.3 is 12.1 Å². The molecule has 19 heteroatoms. The summed E-state index contributed by atoms with van der Waals surface area (Å²) in [6.07, 6.45) is -5.36. The minimum atomic E-state index is -5.08. The van der Waals surface area contributed by atoms with Crippen LogP contribution in [0.5, 0.6) is 5.75 Å². The molecule has 14 nitrogen and oxygen atoms in total. The van der Waals surface area contributed by atoms with Gasteiger partial charge in [-0.2, -0.15) is 13.2 Å². The van der Waals surface area contributed by atoms with E-state index in [1.54, 1.807) is 6.92 Å². The first-order chi connectivity index (χ1) is 18.0. The Morgan fingerprint density at radius 1 is 1.23 bits per heavy atom. The molecule has 39 heavy (non-hydrogen) atoms. The number of carbonyl (C=O) groups excluding carboxylic acids is 1. The third kappa shape index (κ3) is 11.0.